The Morgan fingerprint density at radius 2 is 2.17 bits per heavy atom. The maximum Gasteiger partial charge on any atom is 0.272 e. The molecule has 7 heteroatoms. The predicted molar refractivity (Wildman–Crippen MR) is 89.4 cm³/mol. The van der Waals surface area contributed by atoms with Crippen molar-refractivity contribution in [3.8, 4) is 5.75 Å². The van der Waals surface area contributed by atoms with E-state index in [4.69, 9.17) is 27.9 Å². The molecule has 0 fully saturated rings. The molecule has 3 rings (SSSR count). The minimum atomic E-state index is -0.215. The number of amides is 1. The summed E-state index contributed by atoms with van der Waals surface area (Å²) < 4.78 is 7.35. The van der Waals surface area contributed by atoms with Gasteiger partial charge in [-0.15, -0.1) is 0 Å². The number of carbonyl (C=O) groups excluding carboxylic acids is 1. The Bertz CT molecular complexity index is 743. The molecule has 0 aliphatic carbocycles. The molecule has 2 aromatic rings. The molecular formula is C16H17Cl2N3O2. The van der Waals surface area contributed by atoms with Crippen LogP contribution in [0.5, 0.6) is 5.75 Å². The van der Waals surface area contributed by atoms with Gasteiger partial charge in [0, 0.05) is 24.2 Å². The van der Waals surface area contributed by atoms with Gasteiger partial charge in [-0.25, -0.2) is 0 Å². The van der Waals surface area contributed by atoms with E-state index in [9.17, 15) is 4.79 Å². The minimum Gasteiger partial charge on any atom is -0.492 e. The lowest BCUT2D eigenvalue weighted by atomic mass is 10.0. The van der Waals surface area contributed by atoms with Gasteiger partial charge in [-0.1, -0.05) is 29.3 Å². The highest BCUT2D eigenvalue weighted by Gasteiger charge is 2.26. The first kappa shape index (κ1) is 16.1. The van der Waals surface area contributed by atoms with Crippen molar-refractivity contribution in [1.82, 2.24) is 15.1 Å². The second-order valence-corrected chi connectivity index (χ2v) is 6.50. The van der Waals surface area contributed by atoms with Crippen LogP contribution < -0.4 is 10.1 Å². The van der Waals surface area contributed by atoms with Crippen LogP contribution in [0.3, 0.4) is 0 Å². The molecule has 1 unspecified atom stereocenters. The summed E-state index contributed by atoms with van der Waals surface area (Å²) >= 11 is 12.2. The van der Waals surface area contributed by atoms with E-state index in [2.05, 4.69) is 10.4 Å². The van der Waals surface area contributed by atoms with E-state index in [1.807, 2.05) is 19.9 Å². The van der Waals surface area contributed by atoms with Gasteiger partial charge >= 0.3 is 0 Å². The lowest BCUT2D eigenvalue weighted by molar-refractivity contribution is 0.0918. The number of fused-ring (bicyclic) bond motifs is 1. The molecule has 1 amide bonds. The molecule has 1 aromatic heterocycles. The molecule has 1 aliphatic rings. The fraction of sp³-hybridized carbons (Fsp3) is 0.375. The van der Waals surface area contributed by atoms with Crippen molar-refractivity contribution in [2.24, 2.45) is 0 Å². The summed E-state index contributed by atoms with van der Waals surface area (Å²) in [7, 11) is 0. The molecule has 1 aliphatic heterocycles. The van der Waals surface area contributed by atoms with Gasteiger partial charge < -0.3 is 10.1 Å². The summed E-state index contributed by atoms with van der Waals surface area (Å²) in [5, 5.41) is 8.10. The molecule has 1 atom stereocenters. The van der Waals surface area contributed by atoms with Gasteiger partial charge in [0.25, 0.3) is 5.91 Å². The van der Waals surface area contributed by atoms with Gasteiger partial charge in [0.15, 0.2) is 0 Å². The first-order chi connectivity index (χ1) is 11.0. The van der Waals surface area contributed by atoms with Crippen LogP contribution in [0.15, 0.2) is 24.4 Å². The van der Waals surface area contributed by atoms with Crippen molar-refractivity contribution in [3.63, 3.8) is 0 Å². The summed E-state index contributed by atoms with van der Waals surface area (Å²) in [6, 6.07) is 5.29. The molecule has 5 nitrogen and oxygen atoms in total. The number of halogens is 2. The average Bonchev–Trinajstić information content (AvgIpc) is 3.02. The summed E-state index contributed by atoms with van der Waals surface area (Å²) in [4.78, 5) is 12.4. The normalized spacial score (nSPS) is 16.8. The molecule has 1 N–H and O–H groups in total. The molecule has 23 heavy (non-hydrogen) atoms. The summed E-state index contributed by atoms with van der Waals surface area (Å²) in [6.45, 7) is 4.49. The monoisotopic (exact) mass is 353 g/mol. The number of aromatic nitrogens is 2. The minimum absolute atomic E-state index is 0.176. The van der Waals surface area contributed by atoms with Crippen molar-refractivity contribution >= 4 is 29.1 Å². The van der Waals surface area contributed by atoms with E-state index < -0.39 is 0 Å². The van der Waals surface area contributed by atoms with Crippen LogP contribution in [-0.4, -0.2) is 22.3 Å². The third kappa shape index (κ3) is 3.16. The quantitative estimate of drug-likeness (QED) is 0.906. The maximum absolute atomic E-state index is 12.4. The number of rotatable bonds is 3. The van der Waals surface area contributed by atoms with Gasteiger partial charge in [-0.2, -0.15) is 5.10 Å². The standard InChI is InChI=1S/C16H17Cl2N3O2/c1-9(2)21-7-5-13(20-21)16(22)19-12-6-8-23-15-10(12)3-4-11(17)14(15)18/h3-5,7,9,12H,6,8H2,1-2H3,(H,19,22). The van der Waals surface area contributed by atoms with Crippen molar-refractivity contribution in [3.05, 3.63) is 45.7 Å². The van der Waals surface area contributed by atoms with Gasteiger partial charge in [-0.3, -0.25) is 9.48 Å². The molecule has 0 bridgehead atoms. The topological polar surface area (TPSA) is 56.2 Å². The number of ether oxygens (including phenoxy) is 1. The zero-order valence-electron chi connectivity index (χ0n) is 12.8. The fourth-order valence-corrected chi connectivity index (χ4v) is 2.91. The van der Waals surface area contributed by atoms with E-state index in [1.54, 1.807) is 23.0 Å². The Kier molecular flexibility index (Phi) is 4.50. The zero-order chi connectivity index (χ0) is 16.6. The highest BCUT2D eigenvalue weighted by molar-refractivity contribution is 6.43. The highest BCUT2D eigenvalue weighted by atomic mass is 35.5. The molecule has 0 saturated heterocycles. The molecule has 122 valence electrons. The van der Waals surface area contributed by atoms with Crippen molar-refractivity contribution in [1.29, 1.82) is 0 Å². The first-order valence-electron chi connectivity index (χ1n) is 7.44. The van der Waals surface area contributed by atoms with Crippen molar-refractivity contribution in [2.75, 3.05) is 6.61 Å². The van der Waals surface area contributed by atoms with Gasteiger partial charge in [0.1, 0.15) is 16.5 Å². The third-order valence-electron chi connectivity index (χ3n) is 3.78. The number of nitrogens with one attached hydrogen (secondary N) is 1. The van der Waals surface area contributed by atoms with Gasteiger partial charge in [0.2, 0.25) is 0 Å². The van der Waals surface area contributed by atoms with Crippen LogP contribution in [-0.2, 0) is 0 Å². The Morgan fingerprint density at radius 3 is 2.87 bits per heavy atom. The van der Waals surface area contributed by atoms with Crippen LogP contribution in [0, 0.1) is 0 Å². The number of benzene rings is 1. The van der Waals surface area contributed by atoms with E-state index in [0.717, 1.165) is 5.56 Å². The van der Waals surface area contributed by atoms with Crippen molar-refractivity contribution in [2.45, 2.75) is 32.4 Å². The van der Waals surface area contributed by atoms with Crippen LogP contribution in [0.1, 0.15) is 48.4 Å². The van der Waals surface area contributed by atoms with E-state index >= 15 is 0 Å². The molecule has 2 heterocycles. The molecule has 0 saturated carbocycles. The summed E-state index contributed by atoms with van der Waals surface area (Å²) in [6.07, 6.45) is 2.47. The van der Waals surface area contributed by atoms with Crippen LogP contribution in [0.4, 0.5) is 0 Å². The van der Waals surface area contributed by atoms with E-state index in [0.29, 0.717) is 34.5 Å². The lowest BCUT2D eigenvalue weighted by Gasteiger charge is -2.27. The predicted octanol–water partition coefficient (Wildman–Crippen LogP) is 4.02. The Hall–Kier alpha value is -1.72. The van der Waals surface area contributed by atoms with Crippen LogP contribution >= 0.6 is 23.2 Å². The van der Waals surface area contributed by atoms with Crippen LogP contribution in [0.2, 0.25) is 10.0 Å². The summed E-state index contributed by atoms with van der Waals surface area (Å²) in [5.74, 6) is 0.330. The van der Waals surface area contributed by atoms with Crippen LogP contribution in [0.25, 0.3) is 0 Å². The number of carbonyl (C=O) groups is 1. The van der Waals surface area contributed by atoms with E-state index in [1.165, 1.54) is 0 Å². The second kappa shape index (κ2) is 6.42. The Labute approximate surface area is 144 Å². The van der Waals surface area contributed by atoms with Gasteiger partial charge in [0.05, 0.1) is 17.7 Å². The first-order valence-corrected chi connectivity index (χ1v) is 8.19. The maximum atomic E-state index is 12.4. The molecule has 0 spiro atoms. The summed E-state index contributed by atoms with van der Waals surface area (Å²) in [5.41, 5.74) is 1.23. The Balaban J connectivity index is 1.81. The second-order valence-electron chi connectivity index (χ2n) is 5.72. The third-order valence-corrected chi connectivity index (χ3v) is 4.57. The van der Waals surface area contributed by atoms with Gasteiger partial charge in [-0.05, 0) is 26.0 Å². The van der Waals surface area contributed by atoms with E-state index in [-0.39, 0.29) is 18.0 Å². The SMILES string of the molecule is CC(C)n1ccc(C(=O)NC2CCOc3c2ccc(Cl)c3Cl)n1. The largest absolute Gasteiger partial charge is 0.492 e. The fourth-order valence-electron chi connectivity index (χ4n) is 2.53. The number of nitrogens with zero attached hydrogens (tertiary/aromatic N) is 2. The number of hydrogen-bond donors (Lipinski definition) is 1. The highest BCUT2D eigenvalue weighted by Crippen LogP contribution is 2.41. The Morgan fingerprint density at radius 1 is 1.39 bits per heavy atom. The number of hydrogen-bond acceptors (Lipinski definition) is 3. The average molecular weight is 354 g/mol. The van der Waals surface area contributed by atoms with Crippen molar-refractivity contribution < 1.29 is 9.53 Å². The lowest BCUT2D eigenvalue weighted by Crippen LogP contribution is -2.32. The molecule has 0 radical (unpaired) electrons. The zero-order valence-corrected chi connectivity index (χ0v) is 14.4. The molecular weight excluding hydrogens is 337 g/mol. The smallest absolute Gasteiger partial charge is 0.272 e. The molecule has 1 aromatic carbocycles.